The molecule has 4 saturated carbocycles. The summed E-state index contributed by atoms with van der Waals surface area (Å²) >= 11 is 0. The molecule has 2 N–H and O–H groups in total. The van der Waals surface area contributed by atoms with E-state index in [2.05, 4.69) is 34.6 Å². The number of aliphatic hydroxyl groups is 1. The Morgan fingerprint density at radius 3 is 2.23 bits per heavy atom. The van der Waals surface area contributed by atoms with Crippen LogP contribution < -0.4 is 0 Å². The molecule has 0 aromatic heterocycles. The second-order valence-electron chi connectivity index (χ2n) is 15.1. The molecule has 43 heavy (non-hydrogen) atoms. The Balaban J connectivity index is 0.000000202. The zero-order valence-electron chi connectivity index (χ0n) is 27.9. The highest BCUT2D eigenvalue weighted by molar-refractivity contribution is 5.79. The number of rotatable bonds is 8. The van der Waals surface area contributed by atoms with Crippen molar-refractivity contribution in [2.45, 2.75) is 143 Å². The van der Waals surface area contributed by atoms with E-state index in [4.69, 9.17) is 5.11 Å². The number of carbonyl (C=O) groups is 3. The first kappa shape index (κ1) is 35.5. The third-order valence-electron chi connectivity index (χ3n) is 11.9. The smallest absolute Gasteiger partial charge is 0.310 e. The Morgan fingerprint density at radius 2 is 1.63 bits per heavy atom. The van der Waals surface area contributed by atoms with Crippen LogP contribution in [0.3, 0.4) is 0 Å². The standard InChI is InChI=1S/C19H30O2.C13H18O2.C6H12O/c1-18-9-7-13(20)11-12(18)3-4-14-15-5-6-17(21)19(15,2)10-8-16(14)18;1-9(2)8-11-4-6-12(7-5-11)10(3)13(14)15;1-2-3-4-5-6-7/h12,14-17,21H,3-11H2,1-2H3;4-7,9-10H,8H2,1-3H3,(H,14,15);6H,2-5H2,1H3/t12?,14-,15-,16-,17-,18-,19-;;/m0../s1. The molecule has 2 unspecified atom stereocenters. The van der Waals surface area contributed by atoms with E-state index in [0.717, 1.165) is 74.5 Å². The van der Waals surface area contributed by atoms with Crippen molar-refractivity contribution in [1.82, 2.24) is 0 Å². The molecule has 5 heteroatoms. The number of hydrogen-bond donors (Lipinski definition) is 2. The van der Waals surface area contributed by atoms with Gasteiger partial charge in [0.2, 0.25) is 0 Å². The number of aldehydes is 1. The van der Waals surface area contributed by atoms with E-state index in [9.17, 15) is 19.5 Å². The number of fused-ring (bicyclic) bond motifs is 5. The fourth-order valence-corrected chi connectivity index (χ4v) is 9.05. The van der Waals surface area contributed by atoms with Crippen LogP contribution in [0.15, 0.2) is 24.3 Å². The van der Waals surface area contributed by atoms with Crippen molar-refractivity contribution >= 4 is 18.0 Å². The zero-order valence-corrected chi connectivity index (χ0v) is 27.9. The summed E-state index contributed by atoms with van der Waals surface area (Å²) in [5.74, 6) is 2.96. The van der Waals surface area contributed by atoms with Crippen LogP contribution in [-0.2, 0) is 20.8 Å². The monoisotopic (exact) mass is 596 g/mol. The van der Waals surface area contributed by atoms with Gasteiger partial charge in [0.25, 0.3) is 0 Å². The molecule has 0 radical (unpaired) electrons. The highest BCUT2D eigenvalue weighted by Gasteiger charge is 2.59. The molecule has 4 aliphatic rings. The molecule has 242 valence electrons. The SMILES string of the molecule is CC(C)Cc1ccc(C(C)C(=O)O)cc1.CCCCCC=O.C[C@]12CC[C@H]3[C@@H](CCC4CC(=O)CC[C@@]43C)[C@@H]1CC[C@@H]2O. The van der Waals surface area contributed by atoms with E-state index in [-0.39, 0.29) is 11.5 Å². The van der Waals surface area contributed by atoms with Crippen LogP contribution >= 0.6 is 0 Å². The molecule has 5 rings (SSSR count). The summed E-state index contributed by atoms with van der Waals surface area (Å²) in [6.07, 6.45) is 16.3. The van der Waals surface area contributed by atoms with Crippen LogP contribution in [0.4, 0.5) is 0 Å². The number of aliphatic carboxylic acids is 1. The van der Waals surface area contributed by atoms with Crippen molar-refractivity contribution < 1.29 is 24.6 Å². The number of unbranched alkanes of at least 4 members (excludes halogenated alkanes) is 3. The number of benzene rings is 1. The van der Waals surface area contributed by atoms with E-state index >= 15 is 0 Å². The molecule has 1 aromatic carbocycles. The average Bonchev–Trinajstić information content (AvgIpc) is 3.28. The number of aliphatic hydroxyl groups excluding tert-OH is 1. The summed E-state index contributed by atoms with van der Waals surface area (Å²) in [5, 5.41) is 19.3. The molecule has 5 nitrogen and oxygen atoms in total. The van der Waals surface area contributed by atoms with Gasteiger partial charge in [-0.05, 0) is 116 Å². The van der Waals surface area contributed by atoms with E-state index in [1.807, 2.05) is 24.3 Å². The fraction of sp³-hybridized carbons (Fsp3) is 0.763. The Bertz CT molecular complexity index is 1050. The minimum absolute atomic E-state index is 0.0677. The maximum Gasteiger partial charge on any atom is 0.310 e. The number of hydrogen-bond acceptors (Lipinski definition) is 4. The lowest BCUT2D eigenvalue weighted by molar-refractivity contribution is -0.142. The topological polar surface area (TPSA) is 91.7 Å². The lowest BCUT2D eigenvalue weighted by Crippen LogP contribution is -2.54. The Morgan fingerprint density at radius 1 is 0.953 bits per heavy atom. The van der Waals surface area contributed by atoms with Gasteiger partial charge in [-0.3, -0.25) is 9.59 Å². The van der Waals surface area contributed by atoms with Gasteiger partial charge in [-0.1, -0.05) is 71.7 Å². The van der Waals surface area contributed by atoms with E-state index in [0.29, 0.717) is 23.0 Å². The van der Waals surface area contributed by atoms with Crippen molar-refractivity contribution in [2.75, 3.05) is 0 Å². The Kier molecular flexibility index (Phi) is 13.0. The molecule has 0 bridgehead atoms. The molecule has 0 spiro atoms. The van der Waals surface area contributed by atoms with Crippen molar-refractivity contribution in [1.29, 1.82) is 0 Å². The van der Waals surface area contributed by atoms with Gasteiger partial charge in [-0.25, -0.2) is 0 Å². The van der Waals surface area contributed by atoms with Gasteiger partial charge in [-0.2, -0.15) is 0 Å². The first-order valence-electron chi connectivity index (χ1n) is 17.3. The minimum atomic E-state index is -0.772. The first-order chi connectivity index (χ1) is 20.4. The third kappa shape index (κ3) is 8.59. The number of carbonyl (C=O) groups excluding carboxylic acids is 2. The number of Topliss-reactive ketones (excluding diaryl/α,β-unsaturated/α-hetero) is 1. The number of carboxylic acid groups (broad SMARTS) is 1. The maximum absolute atomic E-state index is 11.9. The summed E-state index contributed by atoms with van der Waals surface area (Å²) in [6.45, 7) is 13.0. The molecule has 1 aromatic rings. The summed E-state index contributed by atoms with van der Waals surface area (Å²) in [7, 11) is 0. The maximum atomic E-state index is 11.9. The molecule has 0 aliphatic heterocycles. The minimum Gasteiger partial charge on any atom is -0.481 e. The molecule has 0 heterocycles. The number of ketones is 1. The van der Waals surface area contributed by atoms with Crippen molar-refractivity contribution in [3.05, 3.63) is 35.4 Å². The van der Waals surface area contributed by atoms with Crippen LogP contribution in [0.1, 0.15) is 142 Å². The van der Waals surface area contributed by atoms with Gasteiger partial charge >= 0.3 is 5.97 Å². The van der Waals surface area contributed by atoms with Crippen molar-refractivity contribution in [3.8, 4) is 0 Å². The lowest BCUT2D eigenvalue weighted by Gasteiger charge is -2.60. The van der Waals surface area contributed by atoms with Crippen LogP contribution in [0.5, 0.6) is 0 Å². The van der Waals surface area contributed by atoms with Gasteiger partial charge in [-0.15, -0.1) is 0 Å². The lowest BCUT2D eigenvalue weighted by atomic mass is 9.45. The largest absolute Gasteiger partial charge is 0.481 e. The highest BCUT2D eigenvalue weighted by atomic mass is 16.4. The molecular weight excluding hydrogens is 536 g/mol. The fourth-order valence-electron chi connectivity index (χ4n) is 9.05. The zero-order chi connectivity index (χ0) is 31.8. The summed E-state index contributed by atoms with van der Waals surface area (Å²) in [6, 6.07) is 7.87. The molecule has 0 amide bonds. The molecule has 0 saturated heterocycles. The molecule has 4 aliphatic carbocycles. The quantitative estimate of drug-likeness (QED) is 0.231. The highest BCUT2D eigenvalue weighted by Crippen LogP contribution is 2.65. The Labute approximate surface area is 261 Å². The number of carboxylic acids is 1. The van der Waals surface area contributed by atoms with Gasteiger partial charge in [0.05, 0.1) is 12.0 Å². The van der Waals surface area contributed by atoms with Gasteiger partial charge in [0.1, 0.15) is 12.1 Å². The van der Waals surface area contributed by atoms with E-state index in [1.165, 1.54) is 50.5 Å². The summed E-state index contributed by atoms with van der Waals surface area (Å²) < 4.78 is 0. The Hall–Kier alpha value is -2.01. The van der Waals surface area contributed by atoms with Crippen LogP contribution in [0, 0.1) is 40.4 Å². The molecule has 4 fully saturated rings. The van der Waals surface area contributed by atoms with Gasteiger partial charge < -0.3 is 15.0 Å². The average molecular weight is 597 g/mol. The van der Waals surface area contributed by atoms with Crippen molar-refractivity contribution in [2.24, 2.45) is 40.4 Å². The molecular formula is C38H60O5. The second kappa shape index (κ2) is 15.8. The van der Waals surface area contributed by atoms with Gasteiger partial charge in [0, 0.05) is 19.3 Å². The second-order valence-corrected chi connectivity index (χ2v) is 15.1. The predicted octanol–water partition coefficient (Wildman–Crippen LogP) is 8.80. The van der Waals surface area contributed by atoms with E-state index < -0.39 is 11.9 Å². The van der Waals surface area contributed by atoms with Gasteiger partial charge in [0.15, 0.2) is 0 Å². The van der Waals surface area contributed by atoms with Crippen molar-refractivity contribution in [3.63, 3.8) is 0 Å². The van der Waals surface area contributed by atoms with Crippen LogP contribution in [0.25, 0.3) is 0 Å². The first-order valence-corrected chi connectivity index (χ1v) is 17.3. The summed E-state index contributed by atoms with van der Waals surface area (Å²) in [5.41, 5.74) is 2.74. The van der Waals surface area contributed by atoms with E-state index in [1.54, 1.807) is 6.92 Å². The van der Waals surface area contributed by atoms with Crippen LogP contribution in [0.2, 0.25) is 0 Å². The molecule has 8 atom stereocenters. The van der Waals surface area contributed by atoms with Crippen LogP contribution in [-0.4, -0.2) is 34.4 Å². The predicted molar refractivity (Wildman–Crippen MR) is 174 cm³/mol. The normalized spacial score (nSPS) is 33.5. The third-order valence-corrected chi connectivity index (χ3v) is 11.9. The summed E-state index contributed by atoms with van der Waals surface area (Å²) in [4.78, 5) is 32.3.